The van der Waals surface area contributed by atoms with Crippen LogP contribution in [-0.2, 0) is 6.42 Å². The van der Waals surface area contributed by atoms with Crippen molar-refractivity contribution in [3.63, 3.8) is 0 Å². The number of anilines is 1. The van der Waals surface area contributed by atoms with Crippen molar-refractivity contribution in [2.45, 2.75) is 19.4 Å². The number of hydrogen-bond acceptors (Lipinski definition) is 5. The van der Waals surface area contributed by atoms with Crippen molar-refractivity contribution in [3.05, 3.63) is 40.2 Å². The highest BCUT2D eigenvalue weighted by Gasteiger charge is 2.10. The smallest absolute Gasteiger partial charge is 0.315 e. The van der Waals surface area contributed by atoms with E-state index in [9.17, 15) is 0 Å². The molecule has 1 aromatic heterocycles. The van der Waals surface area contributed by atoms with Crippen LogP contribution in [0, 0.1) is 0 Å². The SMILES string of the molecule is CC(Nc1nnc(CCN)o1)c1ccc(Br)cc1. The van der Waals surface area contributed by atoms with E-state index >= 15 is 0 Å². The monoisotopic (exact) mass is 310 g/mol. The Labute approximate surface area is 114 Å². The molecule has 0 aliphatic heterocycles. The van der Waals surface area contributed by atoms with Gasteiger partial charge in [0.25, 0.3) is 0 Å². The molecule has 1 heterocycles. The average Bonchev–Trinajstić information content (AvgIpc) is 2.78. The van der Waals surface area contributed by atoms with Gasteiger partial charge in [0.2, 0.25) is 5.89 Å². The van der Waals surface area contributed by atoms with Gasteiger partial charge in [0.15, 0.2) is 0 Å². The van der Waals surface area contributed by atoms with Gasteiger partial charge in [-0.25, -0.2) is 0 Å². The lowest BCUT2D eigenvalue weighted by atomic mass is 10.1. The predicted octanol–water partition coefficient (Wildman–Crippen LogP) is 2.51. The largest absolute Gasteiger partial charge is 0.408 e. The van der Waals surface area contributed by atoms with Gasteiger partial charge in [-0.3, -0.25) is 0 Å². The highest BCUT2D eigenvalue weighted by atomic mass is 79.9. The fourth-order valence-corrected chi connectivity index (χ4v) is 1.82. The van der Waals surface area contributed by atoms with Crippen LogP contribution in [0.3, 0.4) is 0 Å². The summed E-state index contributed by atoms with van der Waals surface area (Å²) in [7, 11) is 0. The summed E-state index contributed by atoms with van der Waals surface area (Å²) in [6.45, 7) is 2.54. The van der Waals surface area contributed by atoms with Gasteiger partial charge in [-0.2, -0.15) is 0 Å². The second kappa shape index (κ2) is 5.97. The first-order valence-corrected chi connectivity index (χ1v) is 6.53. The van der Waals surface area contributed by atoms with Gasteiger partial charge >= 0.3 is 6.01 Å². The van der Waals surface area contributed by atoms with Crippen LogP contribution in [0.25, 0.3) is 0 Å². The standard InChI is InChI=1S/C12H15BrN4O/c1-8(9-2-4-10(13)5-3-9)15-12-17-16-11(18-12)6-7-14/h2-5,8H,6-7,14H2,1H3,(H,15,17). The number of halogens is 1. The number of rotatable bonds is 5. The summed E-state index contributed by atoms with van der Waals surface area (Å²) in [6.07, 6.45) is 0.599. The van der Waals surface area contributed by atoms with Crippen LogP contribution in [0.15, 0.2) is 33.2 Å². The van der Waals surface area contributed by atoms with E-state index in [2.05, 4.69) is 31.4 Å². The molecule has 3 N–H and O–H groups in total. The van der Waals surface area contributed by atoms with Crippen LogP contribution in [0.1, 0.15) is 24.4 Å². The van der Waals surface area contributed by atoms with Crippen molar-refractivity contribution in [1.29, 1.82) is 0 Å². The molecule has 0 aliphatic carbocycles. The normalized spacial score (nSPS) is 12.4. The molecule has 18 heavy (non-hydrogen) atoms. The van der Waals surface area contributed by atoms with Gasteiger partial charge in [0.05, 0.1) is 6.04 Å². The van der Waals surface area contributed by atoms with Crippen LogP contribution in [-0.4, -0.2) is 16.7 Å². The molecule has 0 saturated carbocycles. The second-order valence-corrected chi connectivity index (χ2v) is 4.87. The van der Waals surface area contributed by atoms with Gasteiger partial charge in [0.1, 0.15) is 0 Å². The Bertz CT molecular complexity index is 497. The lowest BCUT2D eigenvalue weighted by molar-refractivity contribution is 0.502. The quantitative estimate of drug-likeness (QED) is 0.887. The van der Waals surface area contributed by atoms with Crippen LogP contribution >= 0.6 is 15.9 Å². The third kappa shape index (κ3) is 3.30. The summed E-state index contributed by atoms with van der Waals surface area (Å²) in [4.78, 5) is 0. The van der Waals surface area contributed by atoms with Crippen molar-refractivity contribution in [1.82, 2.24) is 10.2 Å². The fourth-order valence-electron chi connectivity index (χ4n) is 1.56. The van der Waals surface area contributed by atoms with Gasteiger partial charge in [-0.1, -0.05) is 33.2 Å². The van der Waals surface area contributed by atoms with E-state index in [1.807, 2.05) is 31.2 Å². The number of nitrogens with one attached hydrogen (secondary N) is 1. The zero-order valence-electron chi connectivity index (χ0n) is 10.1. The minimum absolute atomic E-state index is 0.101. The Morgan fingerprint density at radius 2 is 2.06 bits per heavy atom. The summed E-state index contributed by atoms with van der Waals surface area (Å²) in [6, 6.07) is 8.61. The van der Waals surface area contributed by atoms with E-state index in [1.54, 1.807) is 0 Å². The highest BCUT2D eigenvalue weighted by Crippen LogP contribution is 2.20. The van der Waals surface area contributed by atoms with Crippen LogP contribution in [0.2, 0.25) is 0 Å². The zero-order chi connectivity index (χ0) is 13.0. The minimum Gasteiger partial charge on any atom is -0.408 e. The third-order valence-corrected chi connectivity index (χ3v) is 3.06. The molecule has 1 atom stereocenters. The summed E-state index contributed by atoms with van der Waals surface area (Å²) >= 11 is 3.41. The van der Waals surface area contributed by atoms with Gasteiger partial charge < -0.3 is 15.5 Å². The molecule has 0 spiro atoms. The van der Waals surface area contributed by atoms with Crippen LogP contribution in [0.5, 0.6) is 0 Å². The van der Waals surface area contributed by atoms with Gasteiger partial charge in [-0.05, 0) is 24.6 Å². The Balaban J connectivity index is 2.01. The summed E-state index contributed by atoms with van der Waals surface area (Å²) in [5.74, 6) is 0.558. The van der Waals surface area contributed by atoms with E-state index in [0.717, 1.165) is 10.0 Å². The number of hydrogen-bond donors (Lipinski definition) is 2. The molecule has 96 valence electrons. The van der Waals surface area contributed by atoms with E-state index in [0.29, 0.717) is 24.9 Å². The van der Waals surface area contributed by atoms with Crippen LogP contribution < -0.4 is 11.1 Å². The van der Waals surface area contributed by atoms with E-state index in [4.69, 9.17) is 10.2 Å². The van der Waals surface area contributed by atoms with Crippen molar-refractivity contribution >= 4 is 21.9 Å². The Morgan fingerprint density at radius 3 is 2.72 bits per heavy atom. The molecular weight excluding hydrogens is 296 g/mol. The second-order valence-electron chi connectivity index (χ2n) is 3.96. The number of nitrogens with zero attached hydrogens (tertiary/aromatic N) is 2. The molecule has 1 aromatic carbocycles. The molecule has 1 unspecified atom stereocenters. The van der Waals surface area contributed by atoms with Crippen molar-refractivity contribution < 1.29 is 4.42 Å². The highest BCUT2D eigenvalue weighted by molar-refractivity contribution is 9.10. The van der Waals surface area contributed by atoms with Gasteiger partial charge in [0, 0.05) is 17.4 Å². The summed E-state index contributed by atoms with van der Waals surface area (Å²) in [5, 5.41) is 11.0. The van der Waals surface area contributed by atoms with E-state index in [-0.39, 0.29) is 6.04 Å². The molecule has 2 aromatic rings. The Hall–Kier alpha value is -1.40. The van der Waals surface area contributed by atoms with Gasteiger partial charge in [-0.15, -0.1) is 5.10 Å². The zero-order valence-corrected chi connectivity index (χ0v) is 11.6. The predicted molar refractivity (Wildman–Crippen MR) is 73.2 cm³/mol. The molecule has 6 heteroatoms. The molecule has 0 aliphatic rings. The maximum Gasteiger partial charge on any atom is 0.315 e. The third-order valence-electron chi connectivity index (χ3n) is 2.54. The van der Waals surface area contributed by atoms with Crippen molar-refractivity contribution in [2.75, 3.05) is 11.9 Å². The molecule has 0 saturated heterocycles. The molecule has 5 nitrogen and oxygen atoms in total. The summed E-state index contributed by atoms with van der Waals surface area (Å²) in [5.41, 5.74) is 6.57. The lowest BCUT2D eigenvalue weighted by Gasteiger charge is -2.11. The first kappa shape index (κ1) is 13.0. The van der Waals surface area contributed by atoms with Crippen molar-refractivity contribution in [2.24, 2.45) is 5.73 Å². The molecule has 2 rings (SSSR count). The Kier molecular flexibility index (Phi) is 4.33. The number of nitrogens with two attached hydrogens (primary N) is 1. The molecule has 0 radical (unpaired) electrons. The first-order valence-electron chi connectivity index (χ1n) is 5.73. The summed E-state index contributed by atoms with van der Waals surface area (Å²) < 4.78 is 6.47. The molecule has 0 fully saturated rings. The van der Waals surface area contributed by atoms with E-state index < -0.39 is 0 Å². The average molecular weight is 311 g/mol. The Morgan fingerprint density at radius 1 is 1.33 bits per heavy atom. The van der Waals surface area contributed by atoms with E-state index in [1.165, 1.54) is 0 Å². The van der Waals surface area contributed by atoms with Crippen LogP contribution in [0.4, 0.5) is 6.01 Å². The molecule has 0 bridgehead atoms. The molecule has 0 amide bonds. The number of aromatic nitrogens is 2. The minimum atomic E-state index is 0.101. The first-order chi connectivity index (χ1) is 8.69. The molecular formula is C12H15BrN4O. The number of benzene rings is 1. The van der Waals surface area contributed by atoms with Crippen molar-refractivity contribution in [3.8, 4) is 0 Å². The lowest BCUT2D eigenvalue weighted by Crippen LogP contribution is -2.06. The maximum absolute atomic E-state index is 5.42. The fraction of sp³-hybridized carbons (Fsp3) is 0.333. The maximum atomic E-state index is 5.42. The topological polar surface area (TPSA) is 77.0 Å².